The molecule has 0 fully saturated rings. The highest BCUT2D eigenvalue weighted by Crippen LogP contribution is 2.26. The van der Waals surface area contributed by atoms with Gasteiger partial charge in [0.25, 0.3) is 0 Å². The largest absolute Gasteiger partial charge is 0.494 e. The number of ether oxygens (including phenoxy) is 1. The van der Waals surface area contributed by atoms with Crippen LogP contribution in [0.3, 0.4) is 0 Å². The molecule has 0 atom stereocenters. The topological polar surface area (TPSA) is 46.5 Å². The van der Waals surface area contributed by atoms with Gasteiger partial charge in [0.05, 0.1) is 7.11 Å². The fraction of sp³-hybridized carbons (Fsp3) is 0.400. The van der Waals surface area contributed by atoms with Gasteiger partial charge in [-0.1, -0.05) is 19.9 Å². The third-order valence-corrected chi connectivity index (χ3v) is 2.84. The number of carbonyl (C=O) groups is 1. The minimum Gasteiger partial charge on any atom is -0.494 e. The molecule has 0 bridgehead atoms. The number of rotatable bonds is 6. The number of carboxylic acids is 1. The normalized spacial score (nSPS) is 11.2. The first-order chi connectivity index (χ1) is 8.95. The molecule has 0 aliphatic rings. The molecule has 1 rings (SSSR count). The van der Waals surface area contributed by atoms with Crippen LogP contribution in [-0.2, 0) is 11.2 Å². The van der Waals surface area contributed by atoms with E-state index in [1.807, 2.05) is 0 Å². The van der Waals surface area contributed by atoms with Crippen LogP contribution in [0.5, 0.6) is 5.75 Å². The number of methoxy groups -OCH3 is 1. The van der Waals surface area contributed by atoms with Crippen LogP contribution in [0.1, 0.15) is 31.4 Å². The molecular weight excluding hydrogens is 247 g/mol. The number of aliphatic carboxylic acids is 1. The van der Waals surface area contributed by atoms with E-state index in [-0.39, 0.29) is 5.75 Å². The van der Waals surface area contributed by atoms with E-state index >= 15 is 0 Å². The maximum Gasteiger partial charge on any atom is 0.328 e. The van der Waals surface area contributed by atoms with Crippen LogP contribution < -0.4 is 4.74 Å². The van der Waals surface area contributed by atoms with E-state index in [0.29, 0.717) is 23.5 Å². The number of benzene rings is 1. The molecule has 0 unspecified atom stereocenters. The Morgan fingerprint density at radius 2 is 2.16 bits per heavy atom. The molecular formula is C15H19FO3. The summed E-state index contributed by atoms with van der Waals surface area (Å²) in [6.07, 6.45) is 3.82. The van der Waals surface area contributed by atoms with E-state index < -0.39 is 11.8 Å². The lowest BCUT2D eigenvalue weighted by Crippen LogP contribution is -2.01. The second-order valence-corrected chi connectivity index (χ2v) is 4.75. The fourth-order valence-corrected chi connectivity index (χ4v) is 1.78. The van der Waals surface area contributed by atoms with E-state index in [1.54, 1.807) is 6.07 Å². The van der Waals surface area contributed by atoms with E-state index in [4.69, 9.17) is 9.84 Å². The zero-order valence-corrected chi connectivity index (χ0v) is 11.4. The molecule has 0 saturated heterocycles. The standard InChI is InChI=1S/C15H19FO3/c1-10(2)4-7-12-11(6-9-14(17)18)5-8-13(19-3)15(12)16/h5-6,8-10H,4,7H2,1-3H3,(H,17,18)/b9-6+. The predicted octanol–water partition coefficient (Wildman–Crippen LogP) is 3.52. The zero-order valence-electron chi connectivity index (χ0n) is 11.4. The van der Waals surface area contributed by atoms with Gasteiger partial charge in [-0.25, -0.2) is 9.18 Å². The van der Waals surface area contributed by atoms with Crippen LogP contribution in [0.25, 0.3) is 6.08 Å². The molecule has 0 saturated carbocycles. The Labute approximate surface area is 112 Å². The molecule has 19 heavy (non-hydrogen) atoms. The Hall–Kier alpha value is -1.84. The van der Waals surface area contributed by atoms with Crippen molar-refractivity contribution in [2.45, 2.75) is 26.7 Å². The highest BCUT2D eigenvalue weighted by molar-refractivity contribution is 5.85. The zero-order chi connectivity index (χ0) is 14.4. The summed E-state index contributed by atoms with van der Waals surface area (Å²) in [5, 5.41) is 8.65. The van der Waals surface area contributed by atoms with Crippen molar-refractivity contribution in [3.8, 4) is 5.75 Å². The third-order valence-electron chi connectivity index (χ3n) is 2.84. The predicted molar refractivity (Wildman–Crippen MR) is 72.8 cm³/mol. The van der Waals surface area contributed by atoms with Crippen molar-refractivity contribution in [1.29, 1.82) is 0 Å². The van der Waals surface area contributed by atoms with Gasteiger partial charge in [0.1, 0.15) is 0 Å². The van der Waals surface area contributed by atoms with E-state index in [2.05, 4.69) is 13.8 Å². The Morgan fingerprint density at radius 3 is 2.68 bits per heavy atom. The summed E-state index contributed by atoms with van der Waals surface area (Å²) in [6, 6.07) is 3.19. The van der Waals surface area contributed by atoms with Gasteiger partial charge in [0, 0.05) is 6.08 Å². The summed E-state index contributed by atoms with van der Waals surface area (Å²) < 4.78 is 19.2. The van der Waals surface area contributed by atoms with Crippen molar-refractivity contribution < 1.29 is 19.0 Å². The summed E-state index contributed by atoms with van der Waals surface area (Å²) in [7, 11) is 1.41. The molecule has 1 aromatic carbocycles. The first-order valence-corrected chi connectivity index (χ1v) is 6.22. The number of hydrogen-bond donors (Lipinski definition) is 1. The average molecular weight is 266 g/mol. The number of hydrogen-bond acceptors (Lipinski definition) is 2. The van der Waals surface area contributed by atoms with Crippen LogP contribution in [0.4, 0.5) is 4.39 Å². The van der Waals surface area contributed by atoms with Gasteiger partial charge in [-0.15, -0.1) is 0 Å². The SMILES string of the molecule is COc1ccc(/C=C/C(=O)O)c(CCC(C)C)c1F. The third kappa shape index (κ3) is 4.39. The van der Waals surface area contributed by atoms with Crippen LogP contribution in [0, 0.1) is 11.7 Å². The van der Waals surface area contributed by atoms with Crippen LogP contribution in [-0.4, -0.2) is 18.2 Å². The molecule has 1 N–H and O–H groups in total. The summed E-state index contributed by atoms with van der Waals surface area (Å²) in [6.45, 7) is 4.12. The van der Waals surface area contributed by atoms with Crippen LogP contribution >= 0.6 is 0 Å². The Kier molecular flexibility index (Phi) is 5.55. The maximum atomic E-state index is 14.2. The first-order valence-electron chi connectivity index (χ1n) is 6.22. The van der Waals surface area contributed by atoms with Gasteiger partial charge in [0.2, 0.25) is 0 Å². The molecule has 0 aliphatic heterocycles. The van der Waals surface area contributed by atoms with Crippen molar-refractivity contribution in [3.05, 3.63) is 35.2 Å². The smallest absolute Gasteiger partial charge is 0.328 e. The van der Waals surface area contributed by atoms with Gasteiger partial charge in [0.15, 0.2) is 11.6 Å². The highest BCUT2D eigenvalue weighted by Gasteiger charge is 2.13. The van der Waals surface area contributed by atoms with Gasteiger partial charge in [-0.05, 0) is 42.0 Å². The minimum absolute atomic E-state index is 0.186. The highest BCUT2D eigenvalue weighted by atomic mass is 19.1. The van der Waals surface area contributed by atoms with Crippen molar-refractivity contribution in [1.82, 2.24) is 0 Å². The Morgan fingerprint density at radius 1 is 1.47 bits per heavy atom. The average Bonchev–Trinajstić information content (AvgIpc) is 2.34. The summed E-state index contributed by atoms with van der Waals surface area (Å²) >= 11 is 0. The second-order valence-electron chi connectivity index (χ2n) is 4.75. The quantitative estimate of drug-likeness (QED) is 0.801. The Bertz CT molecular complexity index is 479. The lowest BCUT2D eigenvalue weighted by atomic mass is 9.97. The molecule has 0 aliphatic carbocycles. The molecule has 3 nitrogen and oxygen atoms in total. The monoisotopic (exact) mass is 266 g/mol. The van der Waals surface area contributed by atoms with Crippen molar-refractivity contribution in [3.63, 3.8) is 0 Å². The van der Waals surface area contributed by atoms with Gasteiger partial charge in [-0.3, -0.25) is 0 Å². The van der Waals surface area contributed by atoms with Crippen molar-refractivity contribution in [2.24, 2.45) is 5.92 Å². The van der Waals surface area contributed by atoms with Crippen molar-refractivity contribution >= 4 is 12.0 Å². The number of halogens is 1. The van der Waals surface area contributed by atoms with Gasteiger partial charge >= 0.3 is 5.97 Å². The molecule has 0 spiro atoms. The molecule has 0 amide bonds. The minimum atomic E-state index is -1.05. The lowest BCUT2D eigenvalue weighted by molar-refractivity contribution is -0.131. The lowest BCUT2D eigenvalue weighted by Gasteiger charge is -2.12. The maximum absolute atomic E-state index is 14.2. The molecule has 1 aromatic rings. The van der Waals surface area contributed by atoms with E-state index in [0.717, 1.165) is 12.5 Å². The van der Waals surface area contributed by atoms with Gasteiger partial charge < -0.3 is 9.84 Å². The number of carboxylic acid groups (broad SMARTS) is 1. The van der Waals surface area contributed by atoms with E-state index in [1.165, 1.54) is 19.3 Å². The second kappa shape index (κ2) is 6.92. The molecule has 104 valence electrons. The molecule has 4 heteroatoms. The van der Waals surface area contributed by atoms with Crippen LogP contribution in [0.15, 0.2) is 18.2 Å². The summed E-state index contributed by atoms with van der Waals surface area (Å²) in [4.78, 5) is 10.6. The Balaban J connectivity index is 3.14. The van der Waals surface area contributed by atoms with E-state index in [9.17, 15) is 9.18 Å². The fourth-order valence-electron chi connectivity index (χ4n) is 1.78. The molecule has 0 radical (unpaired) electrons. The first kappa shape index (κ1) is 15.2. The summed E-state index contributed by atoms with van der Waals surface area (Å²) in [5.74, 6) is -0.824. The van der Waals surface area contributed by atoms with Crippen LogP contribution in [0.2, 0.25) is 0 Å². The van der Waals surface area contributed by atoms with Gasteiger partial charge in [-0.2, -0.15) is 0 Å². The van der Waals surface area contributed by atoms with Crippen molar-refractivity contribution in [2.75, 3.05) is 7.11 Å². The summed E-state index contributed by atoms with van der Waals surface area (Å²) in [5.41, 5.74) is 1.09. The molecule has 0 heterocycles. The molecule has 0 aromatic heterocycles.